The van der Waals surface area contributed by atoms with Crippen LogP contribution in [0.2, 0.25) is 0 Å². The van der Waals surface area contributed by atoms with Crippen molar-refractivity contribution >= 4 is 11.4 Å². The minimum Gasteiger partial charge on any atom is -0.497 e. The molecule has 0 unspecified atom stereocenters. The van der Waals surface area contributed by atoms with Gasteiger partial charge in [-0.05, 0) is 12.1 Å². The summed E-state index contributed by atoms with van der Waals surface area (Å²) in [4.78, 5) is 0. The first-order valence-corrected chi connectivity index (χ1v) is 5.37. The second-order valence-electron chi connectivity index (χ2n) is 3.59. The molecule has 0 heterocycles. The molecule has 0 aliphatic heterocycles. The van der Waals surface area contributed by atoms with Gasteiger partial charge in [-0.1, -0.05) is 18.2 Å². The quantitative estimate of drug-likeness (QED) is 0.871. The lowest BCUT2D eigenvalue weighted by Crippen LogP contribution is -1.93. The van der Waals surface area contributed by atoms with Crippen molar-refractivity contribution in [2.75, 3.05) is 19.5 Å². The number of nitrogens with one attached hydrogen (secondary N) is 1. The van der Waals surface area contributed by atoms with Crippen LogP contribution in [-0.4, -0.2) is 14.2 Å². The summed E-state index contributed by atoms with van der Waals surface area (Å²) in [5.41, 5.74) is 1.97. The first kappa shape index (κ1) is 11.3. The average molecular weight is 229 g/mol. The largest absolute Gasteiger partial charge is 0.497 e. The number of hydrogen-bond donors (Lipinski definition) is 1. The van der Waals surface area contributed by atoms with Crippen LogP contribution in [0.1, 0.15) is 0 Å². The van der Waals surface area contributed by atoms with Crippen LogP contribution in [-0.2, 0) is 0 Å². The van der Waals surface area contributed by atoms with E-state index in [0.717, 1.165) is 22.9 Å². The molecule has 88 valence electrons. The van der Waals surface area contributed by atoms with Crippen molar-refractivity contribution in [2.24, 2.45) is 0 Å². The van der Waals surface area contributed by atoms with Crippen LogP contribution in [0.4, 0.5) is 11.4 Å². The molecule has 0 radical (unpaired) electrons. The SMILES string of the molecule is COc1cc(Nc2ccccc2)cc(OC)c1. The number of benzene rings is 2. The van der Waals surface area contributed by atoms with E-state index in [0.29, 0.717) is 0 Å². The first-order chi connectivity index (χ1) is 8.31. The van der Waals surface area contributed by atoms with E-state index in [2.05, 4.69) is 5.32 Å². The molecule has 1 N–H and O–H groups in total. The summed E-state index contributed by atoms with van der Waals surface area (Å²) in [5, 5.41) is 3.29. The minimum atomic E-state index is 0.766. The molecule has 0 amide bonds. The molecule has 2 aromatic rings. The van der Waals surface area contributed by atoms with Gasteiger partial charge < -0.3 is 14.8 Å². The zero-order valence-electron chi connectivity index (χ0n) is 9.94. The second-order valence-corrected chi connectivity index (χ2v) is 3.59. The highest BCUT2D eigenvalue weighted by Crippen LogP contribution is 2.27. The van der Waals surface area contributed by atoms with Crippen LogP contribution < -0.4 is 14.8 Å². The number of ether oxygens (including phenoxy) is 2. The third-order valence-electron chi connectivity index (χ3n) is 2.41. The normalized spacial score (nSPS) is 9.76. The van der Waals surface area contributed by atoms with E-state index in [1.165, 1.54) is 0 Å². The number of methoxy groups -OCH3 is 2. The van der Waals surface area contributed by atoms with Crippen LogP contribution in [0.15, 0.2) is 48.5 Å². The van der Waals surface area contributed by atoms with Gasteiger partial charge in [0, 0.05) is 29.6 Å². The number of para-hydroxylation sites is 1. The van der Waals surface area contributed by atoms with E-state index in [9.17, 15) is 0 Å². The molecular weight excluding hydrogens is 214 g/mol. The molecule has 0 fully saturated rings. The summed E-state index contributed by atoms with van der Waals surface area (Å²) in [7, 11) is 3.28. The molecule has 3 heteroatoms. The number of anilines is 2. The summed E-state index contributed by atoms with van der Waals surface area (Å²) in [6.45, 7) is 0. The summed E-state index contributed by atoms with van der Waals surface area (Å²) < 4.78 is 10.4. The molecule has 2 rings (SSSR count). The maximum absolute atomic E-state index is 5.22. The molecular formula is C14H15NO2. The lowest BCUT2D eigenvalue weighted by atomic mass is 10.2. The fourth-order valence-corrected chi connectivity index (χ4v) is 1.57. The average Bonchev–Trinajstić information content (AvgIpc) is 2.39. The van der Waals surface area contributed by atoms with Gasteiger partial charge >= 0.3 is 0 Å². The van der Waals surface area contributed by atoms with E-state index in [4.69, 9.17) is 9.47 Å². The van der Waals surface area contributed by atoms with Crippen molar-refractivity contribution in [3.05, 3.63) is 48.5 Å². The second kappa shape index (κ2) is 5.25. The van der Waals surface area contributed by atoms with Crippen molar-refractivity contribution < 1.29 is 9.47 Å². The van der Waals surface area contributed by atoms with Gasteiger partial charge in [-0.2, -0.15) is 0 Å². The molecule has 0 aliphatic rings. The van der Waals surface area contributed by atoms with Crippen molar-refractivity contribution in [3.8, 4) is 11.5 Å². The lowest BCUT2D eigenvalue weighted by molar-refractivity contribution is 0.395. The Morgan fingerprint density at radius 1 is 0.765 bits per heavy atom. The van der Waals surface area contributed by atoms with Crippen molar-refractivity contribution in [1.82, 2.24) is 0 Å². The first-order valence-electron chi connectivity index (χ1n) is 5.37. The fourth-order valence-electron chi connectivity index (χ4n) is 1.57. The number of hydrogen-bond acceptors (Lipinski definition) is 3. The molecule has 0 saturated carbocycles. The Morgan fingerprint density at radius 3 is 1.88 bits per heavy atom. The summed E-state index contributed by atoms with van der Waals surface area (Å²) >= 11 is 0. The molecule has 17 heavy (non-hydrogen) atoms. The highest BCUT2D eigenvalue weighted by molar-refractivity contribution is 5.63. The van der Waals surface area contributed by atoms with Gasteiger partial charge in [-0.25, -0.2) is 0 Å². The zero-order chi connectivity index (χ0) is 12.1. The zero-order valence-corrected chi connectivity index (χ0v) is 9.94. The third kappa shape index (κ3) is 2.91. The Bertz CT molecular complexity index is 461. The molecule has 0 atom stereocenters. The molecule has 0 bridgehead atoms. The lowest BCUT2D eigenvalue weighted by Gasteiger charge is -2.10. The van der Waals surface area contributed by atoms with Gasteiger partial charge in [0.2, 0.25) is 0 Å². The Balaban J connectivity index is 2.26. The summed E-state index contributed by atoms with van der Waals surface area (Å²) in [6, 6.07) is 15.7. The van der Waals surface area contributed by atoms with E-state index in [1.807, 2.05) is 48.5 Å². The van der Waals surface area contributed by atoms with E-state index in [-0.39, 0.29) is 0 Å². The smallest absolute Gasteiger partial charge is 0.124 e. The van der Waals surface area contributed by atoms with Gasteiger partial charge in [0.05, 0.1) is 14.2 Å². The Hall–Kier alpha value is -2.16. The third-order valence-corrected chi connectivity index (χ3v) is 2.41. The van der Waals surface area contributed by atoms with E-state index in [1.54, 1.807) is 14.2 Å². The minimum absolute atomic E-state index is 0.766. The molecule has 2 aromatic carbocycles. The monoisotopic (exact) mass is 229 g/mol. The summed E-state index contributed by atoms with van der Waals surface area (Å²) in [6.07, 6.45) is 0. The molecule has 3 nitrogen and oxygen atoms in total. The van der Waals surface area contributed by atoms with Gasteiger partial charge in [0.1, 0.15) is 11.5 Å². The Kier molecular flexibility index (Phi) is 3.50. The number of rotatable bonds is 4. The maximum Gasteiger partial charge on any atom is 0.124 e. The molecule has 0 aromatic heterocycles. The standard InChI is InChI=1S/C14H15NO2/c1-16-13-8-12(9-14(10-13)17-2)15-11-6-4-3-5-7-11/h3-10,15H,1-2H3. The van der Waals surface area contributed by atoms with Gasteiger partial charge in [0.25, 0.3) is 0 Å². The van der Waals surface area contributed by atoms with E-state index >= 15 is 0 Å². The van der Waals surface area contributed by atoms with E-state index < -0.39 is 0 Å². The van der Waals surface area contributed by atoms with Crippen molar-refractivity contribution in [2.45, 2.75) is 0 Å². The topological polar surface area (TPSA) is 30.5 Å². The Labute approximate surface area is 101 Å². The van der Waals surface area contributed by atoms with Crippen LogP contribution in [0, 0.1) is 0 Å². The summed E-state index contributed by atoms with van der Waals surface area (Å²) in [5.74, 6) is 1.53. The molecule has 0 saturated heterocycles. The fraction of sp³-hybridized carbons (Fsp3) is 0.143. The predicted octanol–water partition coefficient (Wildman–Crippen LogP) is 3.45. The van der Waals surface area contributed by atoms with Gasteiger partial charge in [0.15, 0.2) is 0 Å². The van der Waals surface area contributed by atoms with Crippen molar-refractivity contribution in [3.63, 3.8) is 0 Å². The van der Waals surface area contributed by atoms with Crippen LogP contribution in [0.25, 0.3) is 0 Å². The van der Waals surface area contributed by atoms with Crippen molar-refractivity contribution in [1.29, 1.82) is 0 Å². The van der Waals surface area contributed by atoms with Crippen LogP contribution in [0.5, 0.6) is 11.5 Å². The highest BCUT2D eigenvalue weighted by atomic mass is 16.5. The van der Waals surface area contributed by atoms with Gasteiger partial charge in [-0.3, -0.25) is 0 Å². The predicted molar refractivity (Wildman–Crippen MR) is 69.3 cm³/mol. The molecule has 0 aliphatic carbocycles. The van der Waals surface area contributed by atoms with Crippen LogP contribution in [0.3, 0.4) is 0 Å². The van der Waals surface area contributed by atoms with Crippen LogP contribution >= 0.6 is 0 Å². The Morgan fingerprint density at radius 2 is 1.35 bits per heavy atom. The van der Waals surface area contributed by atoms with Gasteiger partial charge in [-0.15, -0.1) is 0 Å². The molecule has 0 spiro atoms. The maximum atomic E-state index is 5.22. The highest BCUT2D eigenvalue weighted by Gasteiger charge is 2.01.